The lowest BCUT2D eigenvalue weighted by molar-refractivity contribution is -0.388. The molecule has 2 heterocycles. The Morgan fingerprint density at radius 3 is 3.08 bits per heavy atom. The number of aromatic amines is 1. The number of fused-ring (bicyclic) bond motifs is 1. The first-order valence-corrected chi connectivity index (χ1v) is 3.10. The third-order valence-electron chi connectivity index (χ3n) is 1.41. The van der Waals surface area contributed by atoms with Crippen molar-refractivity contribution in [2.24, 2.45) is 0 Å². The van der Waals surface area contributed by atoms with Gasteiger partial charge in [0.15, 0.2) is 5.52 Å². The summed E-state index contributed by atoms with van der Waals surface area (Å²) in [6.07, 6.45) is 1.55. The van der Waals surface area contributed by atoms with Crippen molar-refractivity contribution in [2.75, 3.05) is 0 Å². The van der Waals surface area contributed by atoms with Crippen LogP contribution in [0.3, 0.4) is 0 Å². The van der Waals surface area contributed by atoms with Crippen molar-refractivity contribution in [3.63, 3.8) is 0 Å². The summed E-state index contributed by atoms with van der Waals surface area (Å²) >= 11 is 0. The first kappa shape index (κ1) is 6.65. The van der Waals surface area contributed by atoms with Gasteiger partial charge in [-0.15, -0.1) is 5.10 Å². The highest BCUT2D eigenvalue weighted by Crippen LogP contribution is 2.16. The number of nitro groups is 1. The monoisotopic (exact) mass is 165 g/mol. The van der Waals surface area contributed by atoms with Gasteiger partial charge in [0.25, 0.3) is 0 Å². The van der Waals surface area contributed by atoms with Gasteiger partial charge < -0.3 is 15.1 Å². The highest BCUT2D eigenvalue weighted by atomic mass is 16.6. The van der Waals surface area contributed by atoms with Crippen LogP contribution in [0.2, 0.25) is 0 Å². The first-order valence-electron chi connectivity index (χ1n) is 3.10. The average Bonchev–Trinajstić information content (AvgIpc) is 2.49. The zero-order valence-corrected chi connectivity index (χ0v) is 5.76. The van der Waals surface area contributed by atoms with Gasteiger partial charge in [-0.05, 0) is 11.0 Å². The molecule has 60 valence electrons. The van der Waals surface area contributed by atoms with Crippen LogP contribution >= 0.6 is 0 Å². The van der Waals surface area contributed by atoms with Crippen LogP contribution in [-0.2, 0) is 0 Å². The van der Waals surface area contributed by atoms with E-state index in [1.165, 1.54) is 0 Å². The molecule has 0 atom stereocenters. The van der Waals surface area contributed by atoms with E-state index in [4.69, 9.17) is 0 Å². The van der Waals surface area contributed by atoms with Crippen LogP contribution in [0.15, 0.2) is 12.3 Å². The molecule has 0 saturated carbocycles. The molecule has 0 saturated heterocycles. The molecular weight excluding hydrogens is 162 g/mol. The molecule has 0 aliphatic carbocycles. The second-order valence-electron chi connectivity index (χ2n) is 2.11. The Morgan fingerprint density at radius 2 is 2.33 bits per heavy atom. The highest BCUT2D eigenvalue weighted by molar-refractivity contribution is 5.81. The van der Waals surface area contributed by atoms with Gasteiger partial charge in [-0.2, -0.15) is 0 Å². The van der Waals surface area contributed by atoms with Gasteiger partial charge in [0.1, 0.15) is 10.6 Å². The van der Waals surface area contributed by atoms with E-state index < -0.39 is 4.92 Å². The molecule has 2 rings (SSSR count). The lowest BCUT2D eigenvalue weighted by Gasteiger charge is -1.89. The molecule has 0 unspecified atom stereocenters. The molecule has 0 aromatic carbocycles. The number of aromatic nitrogens is 4. The molecule has 0 aliphatic heterocycles. The highest BCUT2D eigenvalue weighted by Gasteiger charge is 2.15. The molecule has 2 aromatic heterocycles. The normalized spacial score (nSPS) is 10.3. The van der Waals surface area contributed by atoms with Crippen molar-refractivity contribution in [2.45, 2.75) is 0 Å². The van der Waals surface area contributed by atoms with Crippen molar-refractivity contribution in [3.8, 4) is 0 Å². The Bertz CT molecular complexity index is 436. The Morgan fingerprint density at radius 1 is 1.50 bits per heavy atom. The maximum Gasteiger partial charge on any atom is 0.418 e. The third kappa shape index (κ3) is 0.797. The average molecular weight is 165 g/mol. The standard InChI is InChI=1S/C5H3N5O2/c11-10(12)5-4-3(1-2-6-4)7-9-8-5/h1-2,6H. The first-order chi connectivity index (χ1) is 5.79. The minimum absolute atomic E-state index is 0.301. The lowest BCUT2D eigenvalue weighted by Crippen LogP contribution is -1.97. The van der Waals surface area contributed by atoms with E-state index in [-0.39, 0.29) is 5.82 Å². The summed E-state index contributed by atoms with van der Waals surface area (Å²) in [6, 6.07) is 1.59. The fourth-order valence-electron chi connectivity index (χ4n) is 0.914. The molecule has 1 N–H and O–H groups in total. The molecule has 7 nitrogen and oxygen atoms in total. The van der Waals surface area contributed by atoms with Crippen molar-refractivity contribution in [3.05, 3.63) is 22.4 Å². The van der Waals surface area contributed by atoms with Gasteiger partial charge in [-0.25, -0.2) is 0 Å². The van der Waals surface area contributed by atoms with E-state index >= 15 is 0 Å². The number of hydrogen-bond donors (Lipinski definition) is 1. The van der Waals surface area contributed by atoms with E-state index in [1.54, 1.807) is 12.3 Å². The predicted octanol–water partition coefficient (Wildman–Crippen LogP) is 0.261. The number of nitrogens with one attached hydrogen (secondary N) is 1. The fourth-order valence-corrected chi connectivity index (χ4v) is 0.914. The van der Waals surface area contributed by atoms with Crippen LogP contribution in [0, 0.1) is 10.1 Å². The van der Waals surface area contributed by atoms with Crippen molar-refractivity contribution in [1.82, 2.24) is 20.4 Å². The van der Waals surface area contributed by atoms with Gasteiger partial charge in [0.05, 0.1) is 5.21 Å². The lowest BCUT2D eigenvalue weighted by atomic mass is 10.4. The molecule has 0 spiro atoms. The van der Waals surface area contributed by atoms with E-state index in [2.05, 4.69) is 20.4 Å². The maximum absolute atomic E-state index is 10.4. The van der Waals surface area contributed by atoms with Gasteiger partial charge in [0.2, 0.25) is 0 Å². The number of hydrogen-bond acceptors (Lipinski definition) is 5. The quantitative estimate of drug-likeness (QED) is 0.482. The summed E-state index contributed by atoms with van der Waals surface area (Å²) in [4.78, 5) is 12.4. The number of nitrogens with zero attached hydrogens (tertiary/aromatic N) is 4. The minimum atomic E-state index is -0.604. The fraction of sp³-hybridized carbons (Fsp3) is 0. The van der Waals surface area contributed by atoms with Crippen LogP contribution in [0.5, 0.6) is 0 Å². The molecule has 2 aromatic rings. The van der Waals surface area contributed by atoms with E-state index in [0.29, 0.717) is 11.0 Å². The molecule has 7 heteroatoms. The molecular formula is C5H3N5O2. The molecule has 0 bridgehead atoms. The number of H-pyrrole nitrogens is 1. The summed E-state index contributed by atoms with van der Waals surface area (Å²) in [6.45, 7) is 0. The van der Waals surface area contributed by atoms with Crippen LogP contribution in [0.1, 0.15) is 0 Å². The van der Waals surface area contributed by atoms with Crippen LogP contribution in [0.25, 0.3) is 11.0 Å². The van der Waals surface area contributed by atoms with Crippen LogP contribution < -0.4 is 0 Å². The molecule has 0 amide bonds. The smallest absolute Gasteiger partial charge is 0.358 e. The van der Waals surface area contributed by atoms with E-state index in [9.17, 15) is 10.1 Å². The molecule has 12 heavy (non-hydrogen) atoms. The van der Waals surface area contributed by atoms with Crippen molar-refractivity contribution >= 4 is 16.9 Å². The SMILES string of the molecule is O=[N+]([O-])c1nnnc2cc[nH]c12. The second-order valence-corrected chi connectivity index (χ2v) is 2.11. The topological polar surface area (TPSA) is 97.6 Å². The van der Waals surface area contributed by atoms with Crippen molar-refractivity contribution < 1.29 is 4.92 Å². The minimum Gasteiger partial charge on any atom is -0.358 e. The van der Waals surface area contributed by atoms with Gasteiger partial charge in [-0.3, -0.25) is 0 Å². The summed E-state index contributed by atoms with van der Waals surface area (Å²) in [7, 11) is 0. The van der Waals surface area contributed by atoms with Crippen molar-refractivity contribution in [1.29, 1.82) is 0 Å². The zero-order chi connectivity index (χ0) is 8.55. The Balaban J connectivity index is 2.82. The third-order valence-corrected chi connectivity index (χ3v) is 1.41. The van der Waals surface area contributed by atoms with Gasteiger partial charge in [-0.1, -0.05) is 0 Å². The van der Waals surface area contributed by atoms with Gasteiger partial charge >= 0.3 is 5.82 Å². The van der Waals surface area contributed by atoms with E-state index in [1.807, 2.05) is 0 Å². The van der Waals surface area contributed by atoms with Crippen LogP contribution in [0.4, 0.5) is 5.82 Å². The predicted molar refractivity (Wildman–Crippen MR) is 38.3 cm³/mol. The zero-order valence-electron chi connectivity index (χ0n) is 5.76. The maximum atomic E-state index is 10.4. The second kappa shape index (κ2) is 2.22. The summed E-state index contributed by atoms with van der Waals surface area (Å²) < 4.78 is 0. The Labute approximate surface area is 65.6 Å². The summed E-state index contributed by atoms with van der Waals surface area (Å²) in [5.41, 5.74) is 0.742. The number of rotatable bonds is 1. The Hall–Kier alpha value is -2.05. The van der Waals surface area contributed by atoms with Gasteiger partial charge in [0, 0.05) is 6.20 Å². The summed E-state index contributed by atoms with van der Waals surface area (Å²) in [5, 5.41) is 20.5. The van der Waals surface area contributed by atoms with E-state index in [0.717, 1.165) is 0 Å². The molecule has 0 fully saturated rings. The molecule has 0 radical (unpaired) electrons. The Kier molecular flexibility index (Phi) is 1.23. The van der Waals surface area contributed by atoms with Crippen LogP contribution in [-0.4, -0.2) is 25.3 Å². The summed E-state index contributed by atoms with van der Waals surface area (Å²) in [5.74, 6) is -0.301. The molecule has 0 aliphatic rings. The largest absolute Gasteiger partial charge is 0.418 e.